The van der Waals surface area contributed by atoms with E-state index in [-0.39, 0.29) is 6.42 Å². The van der Waals surface area contributed by atoms with Crippen LogP contribution in [0.1, 0.15) is 23.6 Å². The smallest absolute Gasteiger partial charge is 0.0994 e. The van der Waals surface area contributed by atoms with E-state index >= 15 is 0 Å². The Balaban J connectivity index is 3.38. The van der Waals surface area contributed by atoms with E-state index < -0.39 is 0 Å². The average molecular weight is 205 g/mol. The van der Waals surface area contributed by atoms with Crippen LogP contribution < -0.4 is 0 Å². The molecule has 0 aliphatic carbocycles. The van der Waals surface area contributed by atoms with Crippen LogP contribution in [-0.4, -0.2) is 0 Å². The van der Waals surface area contributed by atoms with Gasteiger partial charge in [0.05, 0.1) is 24.1 Å². The van der Waals surface area contributed by atoms with Crippen molar-refractivity contribution in [1.29, 1.82) is 10.5 Å². The number of hydrogen-bond acceptors (Lipinski definition) is 2. The molecule has 0 bridgehead atoms. The number of nitriles is 2. The summed E-state index contributed by atoms with van der Waals surface area (Å²) in [5.41, 5.74) is 2.29. The predicted molar refractivity (Wildman–Crippen MR) is 54.9 cm³/mol. The molecule has 14 heavy (non-hydrogen) atoms. The molecule has 0 amide bonds. The highest BCUT2D eigenvalue weighted by molar-refractivity contribution is 6.31. The third kappa shape index (κ3) is 1.87. The molecule has 0 aromatic heterocycles. The summed E-state index contributed by atoms with van der Waals surface area (Å²) in [4.78, 5) is 0. The zero-order valence-electron chi connectivity index (χ0n) is 7.84. The first-order valence-corrected chi connectivity index (χ1v) is 4.69. The number of rotatable bonds is 2. The van der Waals surface area contributed by atoms with E-state index in [0.29, 0.717) is 10.6 Å². The monoisotopic (exact) mass is 204 g/mol. The van der Waals surface area contributed by atoms with Gasteiger partial charge in [-0.25, -0.2) is 0 Å². The Morgan fingerprint density at radius 2 is 2.00 bits per heavy atom. The summed E-state index contributed by atoms with van der Waals surface area (Å²) in [5, 5.41) is 18.1. The molecule has 1 aromatic carbocycles. The second-order valence-corrected chi connectivity index (χ2v) is 3.26. The molecular weight excluding hydrogens is 196 g/mol. The molecule has 0 unspecified atom stereocenters. The number of nitrogens with zero attached hydrogens (tertiary/aromatic N) is 2. The first-order chi connectivity index (χ1) is 6.74. The summed E-state index contributed by atoms with van der Waals surface area (Å²) in [6.45, 7) is 1.95. The summed E-state index contributed by atoms with van der Waals surface area (Å²) in [5.74, 6) is 0. The zero-order valence-corrected chi connectivity index (χ0v) is 8.60. The van der Waals surface area contributed by atoms with Gasteiger partial charge in [0, 0.05) is 5.02 Å². The van der Waals surface area contributed by atoms with E-state index in [9.17, 15) is 0 Å². The van der Waals surface area contributed by atoms with Crippen LogP contribution in [0.4, 0.5) is 0 Å². The van der Waals surface area contributed by atoms with Crippen LogP contribution in [0.3, 0.4) is 0 Å². The molecule has 70 valence electrons. The van der Waals surface area contributed by atoms with Crippen LogP contribution in [0.15, 0.2) is 12.1 Å². The van der Waals surface area contributed by atoms with E-state index in [1.165, 1.54) is 0 Å². The van der Waals surface area contributed by atoms with Crippen molar-refractivity contribution in [2.75, 3.05) is 0 Å². The molecule has 0 aliphatic rings. The lowest BCUT2D eigenvalue weighted by Crippen LogP contribution is -1.97. The molecule has 1 rings (SSSR count). The third-order valence-electron chi connectivity index (χ3n) is 2.10. The topological polar surface area (TPSA) is 47.6 Å². The highest BCUT2D eigenvalue weighted by Gasteiger charge is 2.09. The molecule has 0 aliphatic heterocycles. The van der Waals surface area contributed by atoms with Crippen molar-refractivity contribution in [3.8, 4) is 12.1 Å². The van der Waals surface area contributed by atoms with Crippen LogP contribution in [0.2, 0.25) is 5.02 Å². The SMILES string of the molecule is CCc1c(C#N)ccc(Cl)c1CC#N. The van der Waals surface area contributed by atoms with Crippen LogP contribution in [0, 0.1) is 22.7 Å². The maximum Gasteiger partial charge on any atom is 0.0994 e. The lowest BCUT2D eigenvalue weighted by Gasteiger charge is -2.08. The van der Waals surface area contributed by atoms with E-state index in [1.54, 1.807) is 12.1 Å². The molecule has 2 nitrogen and oxygen atoms in total. The van der Waals surface area contributed by atoms with Crippen molar-refractivity contribution in [2.45, 2.75) is 19.8 Å². The van der Waals surface area contributed by atoms with Gasteiger partial charge in [-0.2, -0.15) is 10.5 Å². The number of benzene rings is 1. The van der Waals surface area contributed by atoms with Crippen molar-refractivity contribution in [2.24, 2.45) is 0 Å². The van der Waals surface area contributed by atoms with Crippen molar-refractivity contribution in [3.63, 3.8) is 0 Å². The van der Waals surface area contributed by atoms with Gasteiger partial charge in [-0.1, -0.05) is 18.5 Å². The minimum absolute atomic E-state index is 0.261. The lowest BCUT2D eigenvalue weighted by molar-refractivity contribution is 1.07. The van der Waals surface area contributed by atoms with Gasteiger partial charge in [0.1, 0.15) is 0 Å². The summed E-state index contributed by atoms with van der Waals surface area (Å²) in [7, 11) is 0. The molecule has 0 heterocycles. The molecule has 3 heteroatoms. The maximum atomic E-state index is 8.86. The average Bonchev–Trinajstić information content (AvgIpc) is 2.21. The number of hydrogen-bond donors (Lipinski definition) is 0. The van der Waals surface area contributed by atoms with Gasteiger partial charge in [-0.15, -0.1) is 0 Å². The van der Waals surface area contributed by atoms with Crippen LogP contribution >= 0.6 is 11.6 Å². The second kappa shape index (κ2) is 4.65. The van der Waals surface area contributed by atoms with Gasteiger partial charge < -0.3 is 0 Å². The van der Waals surface area contributed by atoms with Crippen molar-refractivity contribution >= 4 is 11.6 Å². The van der Waals surface area contributed by atoms with Crippen molar-refractivity contribution in [3.05, 3.63) is 33.8 Å². The van der Waals surface area contributed by atoms with Gasteiger partial charge in [-0.05, 0) is 29.7 Å². The lowest BCUT2D eigenvalue weighted by atomic mass is 9.98. The first kappa shape index (κ1) is 10.6. The van der Waals surface area contributed by atoms with Crippen molar-refractivity contribution in [1.82, 2.24) is 0 Å². The Hall–Kier alpha value is -1.51. The maximum absolute atomic E-state index is 8.86. The van der Waals surface area contributed by atoms with E-state index in [4.69, 9.17) is 22.1 Å². The van der Waals surface area contributed by atoms with Gasteiger partial charge >= 0.3 is 0 Å². The Morgan fingerprint density at radius 3 is 2.50 bits per heavy atom. The molecule has 0 spiro atoms. The fraction of sp³-hybridized carbons (Fsp3) is 0.273. The Morgan fingerprint density at radius 1 is 1.29 bits per heavy atom. The highest BCUT2D eigenvalue weighted by atomic mass is 35.5. The minimum Gasteiger partial charge on any atom is -0.198 e. The summed E-state index contributed by atoms with van der Waals surface area (Å²) in [6, 6.07) is 7.53. The van der Waals surface area contributed by atoms with Gasteiger partial charge in [0.2, 0.25) is 0 Å². The Kier molecular flexibility index (Phi) is 3.51. The molecule has 1 aromatic rings. The van der Waals surface area contributed by atoms with Crippen molar-refractivity contribution < 1.29 is 0 Å². The summed E-state index contributed by atoms with van der Waals surface area (Å²) >= 11 is 5.96. The fourth-order valence-electron chi connectivity index (χ4n) is 1.44. The molecule has 0 radical (unpaired) electrons. The molecular formula is C11H9ClN2. The van der Waals surface area contributed by atoms with Gasteiger partial charge in [0.15, 0.2) is 0 Å². The minimum atomic E-state index is 0.261. The Labute approximate surface area is 88.3 Å². The van der Waals surface area contributed by atoms with Crippen LogP contribution in [-0.2, 0) is 12.8 Å². The normalized spacial score (nSPS) is 9.14. The predicted octanol–water partition coefficient (Wildman–Crippen LogP) is 2.84. The third-order valence-corrected chi connectivity index (χ3v) is 2.46. The summed E-state index contributed by atoms with van der Waals surface area (Å²) in [6.07, 6.45) is 0.984. The van der Waals surface area contributed by atoms with Gasteiger partial charge in [0.25, 0.3) is 0 Å². The largest absolute Gasteiger partial charge is 0.198 e. The summed E-state index contributed by atoms with van der Waals surface area (Å²) < 4.78 is 0. The molecule has 0 N–H and O–H groups in total. The highest BCUT2D eigenvalue weighted by Crippen LogP contribution is 2.24. The van der Waals surface area contributed by atoms with E-state index in [1.807, 2.05) is 6.92 Å². The van der Waals surface area contributed by atoms with E-state index in [2.05, 4.69) is 12.1 Å². The quantitative estimate of drug-likeness (QED) is 0.744. The first-order valence-electron chi connectivity index (χ1n) is 4.31. The zero-order chi connectivity index (χ0) is 10.6. The Bertz CT molecular complexity index is 424. The van der Waals surface area contributed by atoms with Gasteiger partial charge in [-0.3, -0.25) is 0 Å². The van der Waals surface area contributed by atoms with Crippen LogP contribution in [0.5, 0.6) is 0 Å². The fourth-order valence-corrected chi connectivity index (χ4v) is 1.69. The molecule has 0 atom stereocenters. The van der Waals surface area contributed by atoms with E-state index in [0.717, 1.165) is 17.5 Å². The second-order valence-electron chi connectivity index (χ2n) is 2.85. The molecule has 0 fully saturated rings. The number of halogens is 1. The standard InChI is InChI=1S/C11H9ClN2/c1-2-9-8(7-14)3-4-11(12)10(9)5-6-13/h3-4H,2,5H2,1H3. The van der Waals surface area contributed by atoms with Crippen LogP contribution in [0.25, 0.3) is 0 Å². The molecule has 0 saturated carbocycles. The molecule has 0 saturated heterocycles.